The molecule has 1 aromatic heterocycles. The van der Waals surface area contributed by atoms with E-state index in [1.165, 1.54) is 12.3 Å². The lowest BCUT2D eigenvalue weighted by atomic mass is 9.85. The molecule has 1 aliphatic rings. The van der Waals surface area contributed by atoms with Gasteiger partial charge in [-0.1, -0.05) is 46.0 Å². The minimum Gasteiger partial charge on any atom is -0.497 e. The van der Waals surface area contributed by atoms with Gasteiger partial charge in [0, 0.05) is 6.20 Å². The molecule has 2 aromatic rings. The van der Waals surface area contributed by atoms with Crippen LogP contribution in [0.5, 0.6) is 5.75 Å². The molecule has 2 heterocycles. The monoisotopic (exact) mass is 655 g/mol. The van der Waals surface area contributed by atoms with Gasteiger partial charge >= 0.3 is 18.2 Å². The van der Waals surface area contributed by atoms with Crippen LogP contribution in [0.15, 0.2) is 42.6 Å². The largest absolute Gasteiger partial charge is 0.497 e. The van der Waals surface area contributed by atoms with Crippen molar-refractivity contribution < 1.29 is 38.1 Å². The molecule has 0 radical (unpaired) electrons. The molecule has 46 heavy (non-hydrogen) atoms. The molecule has 11 nitrogen and oxygen atoms in total. The van der Waals surface area contributed by atoms with Crippen molar-refractivity contribution in [2.24, 2.45) is 5.92 Å². The summed E-state index contributed by atoms with van der Waals surface area (Å²) >= 11 is 0. The van der Waals surface area contributed by atoms with E-state index in [0.29, 0.717) is 11.3 Å². The number of anilines is 1. The third-order valence-electron chi connectivity index (χ3n) is 8.08. The zero-order chi connectivity index (χ0) is 34.8. The van der Waals surface area contributed by atoms with Crippen molar-refractivity contribution in [1.82, 2.24) is 9.55 Å². The normalized spacial score (nSPS) is 17.1. The molecule has 1 saturated heterocycles. The number of aromatic nitrogens is 1. The highest BCUT2D eigenvalue weighted by molar-refractivity contribution is 6.80. The van der Waals surface area contributed by atoms with Gasteiger partial charge in [0.25, 0.3) is 0 Å². The molecule has 0 aliphatic carbocycles. The lowest BCUT2D eigenvalue weighted by Crippen LogP contribution is -2.75. The molecule has 252 valence electrons. The minimum absolute atomic E-state index is 0.0207. The van der Waals surface area contributed by atoms with Gasteiger partial charge in [-0.05, 0) is 88.4 Å². The van der Waals surface area contributed by atoms with Crippen LogP contribution in [0.2, 0.25) is 18.1 Å². The minimum atomic E-state index is -2.47. The number of pyridine rings is 1. The summed E-state index contributed by atoms with van der Waals surface area (Å²) in [6.45, 7) is 20.6. The van der Waals surface area contributed by atoms with Gasteiger partial charge in [0.05, 0.1) is 13.0 Å². The molecule has 2 atom stereocenters. The molecule has 0 bridgehead atoms. The quantitative estimate of drug-likeness (QED) is 0.129. The predicted molar refractivity (Wildman–Crippen MR) is 177 cm³/mol. The fourth-order valence-corrected chi connectivity index (χ4v) is 7.22. The predicted octanol–water partition coefficient (Wildman–Crippen LogP) is 6.88. The van der Waals surface area contributed by atoms with Gasteiger partial charge in [0.2, 0.25) is 5.91 Å². The van der Waals surface area contributed by atoms with E-state index >= 15 is 0 Å². The van der Waals surface area contributed by atoms with Crippen LogP contribution in [0.1, 0.15) is 73.4 Å². The standard InChI is InChI=1S/C34H49N3O8Si/c1-32(2,3)44-30(40)36(31(41)45-33(4,5)6)26-20-23(17-18-35-26)19-25-27(37(28(25)38)46(11,12)34(7,8)9)29(39)43-21-22-13-15-24(42-10)16-14-22/h13-18,20,25,27H,19,21H2,1-12H3/t25-,27+/m1/s1. The lowest BCUT2D eigenvalue weighted by Gasteiger charge is -2.57. The van der Waals surface area contributed by atoms with Crippen LogP contribution >= 0.6 is 0 Å². The van der Waals surface area contributed by atoms with Gasteiger partial charge in [-0.25, -0.2) is 19.4 Å². The molecule has 1 fully saturated rings. The van der Waals surface area contributed by atoms with Crippen molar-refractivity contribution in [1.29, 1.82) is 0 Å². The Labute approximate surface area is 273 Å². The van der Waals surface area contributed by atoms with Gasteiger partial charge in [-0.15, -0.1) is 0 Å². The molecule has 0 N–H and O–H groups in total. The second-order valence-corrected chi connectivity index (χ2v) is 20.1. The molecule has 1 aliphatic heterocycles. The third kappa shape index (κ3) is 8.65. The Morgan fingerprint density at radius 2 is 1.41 bits per heavy atom. The average Bonchev–Trinajstić information content (AvgIpc) is 2.91. The van der Waals surface area contributed by atoms with Gasteiger partial charge in [0.15, 0.2) is 8.24 Å². The highest BCUT2D eigenvalue weighted by Crippen LogP contribution is 2.46. The zero-order valence-electron chi connectivity index (χ0n) is 29.2. The van der Waals surface area contributed by atoms with Gasteiger partial charge < -0.3 is 23.5 Å². The molecule has 3 rings (SSSR count). The molecule has 0 spiro atoms. The van der Waals surface area contributed by atoms with Crippen LogP contribution in [0, 0.1) is 5.92 Å². The van der Waals surface area contributed by atoms with E-state index < -0.39 is 49.6 Å². The summed E-state index contributed by atoms with van der Waals surface area (Å²) in [5.41, 5.74) is -0.388. The van der Waals surface area contributed by atoms with E-state index in [0.717, 1.165) is 10.5 Å². The first kappa shape index (κ1) is 36.5. The second kappa shape index (κ2) is 13.4. The summed E-state index contributed by atoms with van der Waals surface area (Å²) in [4.78, 5) is 58.9. The number of rotatable bonds is 8. The van der Waals surface area contributed by atoms with Crippen LogP contribution < -0.4 is 9.64 Å². The van der Waals surface area contributed by atoms with Gasteiger partial charge in [-0.2, -0.15) is 4.90 Å². The maximum absolute atomic E-state index is 13.8. The SMILES string of the molecule is COc1ccc(COC(=O)[C@@H]2[C@@H](Cc3ccnc(N(C(=O)OC(C)(C)C)C(=O)OC(C)(C)C)c3)C(=O)N2[Si](C)(C)C(C)(C)C)cc1. The number of hydrogen-bond acceptors (Lipinski definition) is 9. The van der Waals surface area contributed by atoms with Gasteiger partial charge in [-0.3, -0.25) is 4.79 Å². The molecular formula is C34H49N3O8Si. The van der Waals surface area contributed by atoms with E-state index in [1.807, 2.05) is 12.1 Å². The van der Waals surface area contributed by atoms with Gasteiger partial charge in [0.1, 0.15) is 35.4 Å². The Morgan fingerprint density at radius 1 is 0.870 bits per heavy atom. The van der Waals surface area contributed by atoms with Crippen molar-refractivity contribution >= 4 is 38.1 Å². The van der Waals surface area contributed by atoms with E-state index in [1.54, 1.807) is 71.4 Å². The number of β-lactam (4-membered cyclic amide) rings is 1. The lowest BCUT2D eigenvalue weighted by molar-refractivity contribution is -0.168. The van der Waals surface area contributed by atoms with E-state index in [-0.39, 0.29) is 29.8 Å². The van der Waals surface area contributed by atoms with Crippen LogP contribution in [0.25, 0.3) is 0 Å². The van der Waals surface area contributed by atoms with E-state index in [2.05, 4.69) is 38.8 Å². The number of esters is 1. The number of amides is 3. The number of carbonyl (C=O) groups is 4. The summed E-state index contributed by atoms with van der Waals surface area (Å²) in [7, 11) is -0.891. The Morgan fingerprint density at radius 3 is 1.89 bits per heavy atom. The number of carbonyl (C=O) groups excluding carboxylic acids is 4. The summed E-state index contributed by atoms with van der Waals surface area (Å²) in [5, 5.41) is -0.215. The highest BCUT2D eigenvalue weighted by Gasteiger charge is 2.60. The molecule has 0 saturated carbocycles. The van der Waals surface area contributed by atoms with Crippen LogP contribution in [-0.4, -0.2) is 66.2 Å². The van der Waals surface area contributed by atoms with Crippen LogP contribution in [0.4, 0.5) is 15.4 Å². The number of hydrogen-bond donors (Lipinski definition) is 0. The van der Waals surface area contributed by atoms with E-state index in [9.17, 15) is 19.2 Å². The van der Waals surface area contributed by atoms with Crippen molar-refractivity contribution in [3.8, 4) is 5.75 Å². The van der Waals surface area contributed by atoms with Crippen LogP contribution in [0.3, 0.4) is 0 Å². The number of nitrogens with zero attached hydrogens (tertiary/aromatic N) is 3. The van der Waals surface area contributed by atoms with Crippen LogP contribution in [-0.2, 0) is 36.8 Å². The van der Waals surface area contributed by atoms with Crippen molar-refractivity contribution in [2.45, 2.75) is 111 Å². The number of imide groups is 1. The molecule has 3 amide bonds. The first-order chi connectivity index (χ1) is 21.1. The number of methoxy groups -OCH3 is 1. The Bertz CT molecular complexity index is 1410. The fourth-order valence-electron chi connectivity index (χ4n) is 4.80. The Kier molecular flexibility index (Phi) is 10.7. The highest BCUT2D eigenvalue weighted by atomic mass is 28.3. The third-order valence-corrected chi connectivity index (χ3v) is 13.5. The Hall–Kier alpha value is -3.93. The average molecular weight is 656 g/mol. The first-order valence-corrected chi connectivity index (χ1v) is 18.3. The smallest absolute Gasteiger partial charge is 0.425 e. The first-order valence-electron chi connectivity index (χ1n) is 15.4. The maximum atomic E-state index is 13.8. The second-order valence-electron chi connectivity index (χ2n) is 15.0. The fraction of sp³-hybridized carbons (Fsp3) is 0.559. The molecule has 1 aromatic carbocycles. The summed E-state index contributed by atoms with van der Waals surface area (Å²) in [6.07, 6.45) is -0.290. The van der Waals surface area contributed by atoms with E-state index in [4.69, 9.17) is 18.9 Å². The molecule has 0 unspecified atom stereocenters. The summed E-state index contributed by atoms with van der Waals surface area (Å²) in [6, 6.07) is 9.65. The summed E-state index contributed by atoms with van der Waals surface area (Å²) in [5.74, 6) is -0.648. The summed E-state index contributed by atoms with van der Waals surface area (Å²) < 4.78 is 23.7. The number of benzene rings is 1. The Balaban J connectivity index is 1.93. The zero-order valence-corrected chi connectivity index (χ0v) is 30.2. The van der Waals surface area contributed by atoms with Crippen molar-refractivity contribution in [2.75, 3.05) is 12.0 Å². The van der Waals surface area contributed by atoms with Crippen molar-refractivity contribution in [3.05, 3.63) is 53.7 Å². The number of ether oxygens (including phenoxy) is 4. The van der Waals surface area contributed by atoms with Crippen molar-refractivity contribution in [3.63, 3.8) is 0 Å². The maximum Gasteiger partial charge on any atom is 0.425 e. The molecule has 12 heteroatoms. The molecular weight excluding hydrogens is 606 g/mol. The topological polar surface area (TPSA) is 125 Å².